The van der Waals surface area contributed by atoms with E-state index in [0.717, 1.165) is 0 Å². The lowest BCUT2D eigenvalue weighted by molar-refractivity contribution is 0.102. The first-order valence-corrected chi connectivity index (χ1v) is 5.88. The van der Waals surface area contributed by atoms with E-state index in [1.165, 1.54) is 12.1 Å². The molecule has 2 aromatic carbocycles. The Labute approximate surface area is 114 Å². The van der Waals surface area contributed by atoms with Crippen molar-refractivity contribution in [1.29, 1.82) is 0 Å². The van der Waals surface area contributed by atoms with Crippen molar-refractivity contribution in [3.8, 4) is 5.75 Å². The Morgan fingerprint density at radius 2 is 1.67 bits per heavy atom. The predicted octanol–water partition coefficient (Wildman–Crippen LogP) is 3.95. The molecule has 0 radical (unpaired) electrons. The maximum Gasteiger partial charge on any atom is 0.259 e. The number of carbonyl (C=O) groups is 1. The van der Waals surface area contributed by atoms with Crippen LogP contribution in [0.5, 0.6) is 5.75 Å². The van der Waals surface area contributed by atoms with E-state index in [9.17, 15) is 9.90 Å². The van der Waals surface area contributed by atoms with Crippen LogP contribution < -0.4 is 5.32 Å². The lowest BCUT2D eigenvalue weighted by Crippen LogP contribution is -2.12. The molecule has 18 heavy (non-hydrogen) atoms. The van der Waals surface area contributed by atoms with Gasteiger partial charge >= 0.3 is 0 Å². The van der Waals surface area contributed by atoms with Gasteiger partial charge in [-0.3, -0.25) is 4.79 Å². The number of rotatable bonds is 2. The molecule has 0 saturated heterocycles. The molecule has 0 heterocycles. The summed E-state index contributed by atoms with van der Waals surface area (Å²) in [5, 5.41) is 12.7. The molecule has 0 aliphatic heterocycles. The maximum atomic E-state index is 11.9. The number of phenolic OH excluding ortho intramolecular Hbond substituents is 1. The maximum absolute atomic E-state index is 11.9. The summed E-state index contributed by atoms with van der Waals surface area (Å²) in [6, 6.07) is 11.5. The molecule has 0 spiro atoms. The van der Waals surface area contributed by atoms with Crippen molar-refractivity contribution >= 4 is 34.8 Å². The monoisotopic (exact) mass is 281 g/mol. The molecule has 0 bridgehead atoms. The lowest BCUT2D eigenvalue weighted by Gasteiger charge is -2.08. The summed E-state index contributed by atoms with van der Waals surface area (Å²) in [6.07, 6.45) is 0. The fourth-order valence-electron chi connectivity index (χ4n) is 1.44. The van der Waals surface area contributed by atoms with Crippen molar-refractivity contribution < 1.29 is 9.90 Å². The fourth-order valence-corrected chi connectivity index (χ4v) is 1.76. The minimum atomic E-state index is -0.447. The topological polar surface area (TPSA) is 49.3 Å². The van der Waals surface area contributed by atoms with Crippen LogP contribution in [-0.2, 0) is 0 Å². The molecule has 0 atom stereocenters. The summed E-state index contributed by atoms with van der Waals surface area (Å²) in [6.45, 7) is 0. The number of aromatic hydroxyl groups is 1. The molecule has 0 aromatic heterocycles. The first kappa shape index (κ1) is 12.7. The van der Waals surface area contributed by atoms with Gasteiger partial charge in [-0.1, -0.05) is 41.4 Å². The molecule has 2 aromatic rings. The number of hydrogen-bond donors (Lipinski definition) is 2. The van der Waals surface area contributed by atoms with Gasteiger partial charge in [0.1, 0.15) is 5.75 Å². The lowest BCUT2D eigenvalue weighted by atomic mass is 10.2. The van der Waals surface area contributed by atoms with Crippen molar-refractivity contribution in [2.45, 2.75) is 0 Å². The Morgan fingerprint density at radius 1 is 1.06 bits per heavy atom. The van der Waals surface area contributed by atoms with Crippen LogP contribution in [0.15, 0.2) is 42.5 Å². The van der Waals surface area contributed by atoms with Gasteiger partial charge in [-0.2, -0.15) is 0 Å². The van der Waals surface area contributed by atoms with Gasteiger partial charge in [0.25, 0.3) is 5.91 Å². The Balaban J connectivity index is 2.27. The summed E-state index contributed by atoms with van der Waals surface area (Å²) in [7, 11) is 0. The van der Waals surface area contributed by atoms with Gasteiger partial charge in [0.2, 0.25) is 0 Å². The largest absolute Gasteiger partial charge is 0.507 e. The zero-order valence-corrected chi connectivity index (χ0v) is 10.7. The van der Waals surface area contributed by atoms with Crippen molar-refractivity contribution in [2.75, 3.05) is 5.32 Å². The van der Waals surface area contributed by atoms with E-state index in [4.69, 9.17) is 23.2 Å². The average molecular weight is 282 g/mol. The van der Waals surface area contributed by atoms with Gasteiger partial charge in [0.15, 0.2) is 0 Å². The van der Waals surface area contributed by atoms with Crippen molar-refractivity contribution in [3.63, 3.8) is 0 Å². The highest BCUT2D eigenvalue weighted by Gasteiger charge is 2.14. The molecule has 0 aliphatic rings. The van der Waals surface area contributed by atoms with Gasteiger partial charge in [0, 0.05) is 11.8 Å². The van der Waals surface area contributed by atoms with Gasteiger partial charge in [-0.25, -0.2) is 0 Å². The number of halogens is 2. The third-order valence-corrected chi connectivity index (χ3v) is 3.04. The molecular formula is C13H9Cl2NO2. The van der Waals surface area contributed by atoms with Crippen LogP contribution in [0.25, 0.3) is 0 Å². The highest BCUT2D eigenvalue weighted by atomic mass is 35.5. The number of anilines is 1. The molecule has 0 unspecified atom stereocenters. The molecule has 0 aliphatic carbocycles. The number of para-hydroxylation sites is 1. The molecule has 3 nitrogen and oxygen atoms in total. The summed E-state index contributed by atoms with van der Waals surface area (Å²) < 4.78 is 0. The Bertz CT molecular complexity index is 585. The highest BCUT2D eigenvalue weighted by Crippen LogP contribution is 2.30. The van der Waals surface area contributed by atoms with E-state index in [-0.39, 0.29) is 21.4 Å². The zero-order valence-electron chi connectivity index (χ0n) is 9.15. The van der Waals surface area contributed by atoms with E-state index in [1.807, 2.05) is 6.07 Å². The summed E-state index contributed by atoms with van der Waals surface area (Å²) >= 11 is 11.5. The first-order valence-electron chi connectivity index (χ1n) is 5.12. The Hall–Kier alpha value is -1.71. The minimum Gasteiger partial charge on any atom is -0.507 e. The van der Waals surface area contributed by atoms with Gasteiger partial charge < -0.3 is 10.4 Å². The minimum absolute atomic E-state index is 0.0771. The number of hydrogen-bond acceptors (Lipinski definition) is 2. The SMILES string of the molecule is O=C(Nc1ccccc1)c1cc(Cl)c(Cl)cc1O. The Kier molecular flexibility index (Phi) is 3.75. The number of nitrogens with one attached hydrogen (secondary N) is 1. The molecule has 2 rings (SSSR count). The van der Waals surface area contributed by atoms with Crippen molar-refractivity contribution in [3.05, 3.63) is 58.1 Å². The van der Waals surface area contributed by atoms with Gasteiger partial charge in [-0.15, -0.1) is 0 Å². The van der Waals surface area contributed by atoms with E-state index in [0.29, 0.717) is 5.69 Å². The van der Waals surface area contributed by atoms with E-state index in [1.54, 1.807) is 24.3 Å². The zero-order chi connectivity index (χ0) is 13.1. The number of amides is 1. The quantitative estimate of drug-likeness (QED) is 0.876. The third-order valence-electron chi connectivity index (χ3n) is 2.31. The number of phenols is 1. The second-order valence-corrected chi connectivity index (χ2v) is 4.42. The van der Waals surface area contributed by atoms with Crippen LogP contribution in [0.2, 0.25) is 10.0 Å². The predicted molar refractivity (Wildman–Crippen MR) is 72.5 cm³/mol. The molecule has 5 heteroatoms. The van der Waals surface area contributed by atoms with Crippen LogP contribution >= 0.6 is 23.2 Å². The van der Waals surface area contributed by atoms with Crippen LogP contribution in [0, 0.1) is 0 Å². The Morgan fingerprint density at radius 3 is 2.33 bits per heavy atom. The second kappa shape index (κ2) is 5.29. The van der Waals surface area contributed by atoms with Crippen LogP contribution in [-0.4, -0.2) is 11.0 Å². The molecule has 1 amide bonds. The number of carbonyl (C=O) groups excluding carboxylic acids is 1. The van der Waals surface area contributed by atoms with Crippen LogP contribution in [0.1, 0.15) is 10.4 Å². The van der Waals surface area contributed by atoms with Gasteiger partial charge in [-0.05, 0) is 18.2 Å². The first-order chi connectivity index (χ1) is 8.58. The molecule has 0 saturated carbocycles. The van der Waals surface area contributed by atoms with E-state index >= 15 is 0 Å². The summed E-state index contributed by atoms with van der Waals surface area (Å²) in [4.78, 5) is 11.9. The highest BCUT2D eigenvalue weighted by molar-refractivity contribution is 6.42. The molecule has 2 N–H and O–H groups in total. The normalized spacial score (nSPS) is 10.1. The van der Waals surface area contributed by atoms with Crippen LogP contribution in [0.4, 0.5) is 5.69 Å². The molecule has 92 valence electrons. The smallest absolute Gasteiger partial charge is 0.259 e. The van der Waals surface area contributed by atoms with Crippen molar-refractivity contribution in [1.82, 2.24) is 0 Å². The summed E-state index contributed by atoms with van der Waals surface area (Å²) in [5.41, 5.74) is 0.709. The van der Waals surface area contributed by atoms with Crippen molar-refractivity contribution in [2.24, 2.45) is 0 Å². The summed E-state index contributed by atoms with van der Waals surface area (Å²) in [5.74, 6) is -0.657. The van der Waals surface area contributed by atoms with Crippen LogP contribution in [0.3, 0.4) is 0 Å². The molecular weight excluding hydrogens is 273 g/mol. The third kappa shape index (κ3) is 2.75. The van der Waals surface area contributed by atoms with E-state index < -0.39 is 5.91 Å². The second-order valence-electron chi connectivity index (χ2n) is 3.60. The number of benzene rings is 2. The van der Waals surface area contributed by atoms with E-state index in [2.05, 4.69) is 5.32 Å². The molecule has 0 fully saturated rings. The fraction of sp³-hybridized carbons (Fsp3) is 0. The average Bonchev–Trinajstić information content (AvgIpc) is 2.35. The standard InChI is InChI=1S/C13H9Cl2NO2/c14-10-6-9(12(17)7-11(10)15)13(18)16-8-4-2-1-3-5-8/h1-7,17H,(H,16,18). The van der Waals surface area contributed by atoms with Gasteiger partial charge in [0.05, 0.1) is 15.6 Å².